The van der Waals surface area contributed by atoms with Gasteiger partial charge in [0.05, 0.1) is 29.5 Å². The molecule has 1 N–H and O–H groups in total. The number of anilines is 2. The van der Waals surface area contributed by atoms with Gasteiger partial charge in [-0.15, -0.1) is 0 Å². The van der Waals surface area contributed by atoms with Crippen molar-refractivity contribution in [1.29, 1.82) is 0 Å². The molecular weight excluding hydrogens is 482 g/mol. The molecule has 38 heavy (non-hydrogen) atoms. The summed E-state index contributed by atoms with van der Waals surface area (Å²) in [4.78, 5) is 37.6. The second kappa shape index (κ2) is 11.3. The molecule has 0 radical (unpaired) electrons. The number of amides is 1. The highest BCUT2D eigenvalue weighted by Crippen LogP contribution is 2.34. The summed E-state index contributed by atoms with van der Waals surface area (Å²) in [6, 6.07) is 12.7. The fourth-order valence-corrected chi connectivity index (χ4v) is 4.24. The Morgan fingerprint density at radius 1 is 1.21 bits per heavy atom. The van der Waals surface area contributed by atoms with E-state index in [0.29, 0.717) is 40.9 Å². The van der Waals surface area contributed by atoms with E-state index in [2.05, 4.69) is 21.9 Å². The van der Waals surface area contributed by atoms with Crippen LogP contribution in [0.1, 0.15) is 15.5 Å². The smallest absolute Gasteiger partial charge is 0.334 e. The number of aryl methyl sites for hydroxylation is 1. The average molecular weight is 519 g/mol. The molecule has 0 atom stereocenters. The fourth-order valence-electron chi connectivity index (χ4n) is 4.24. The number of fused-ring (bicyclic) bond motifs is 1. The van der Waals surface area contributed by atoms with Crippen LogP contribution >= 0.6 is 0 Å². The summed E-state index contributed by atoms with van der Waals surface area (Å²) in [7, 11) is 6.60. The molecule has 2 heterocycles. The number of para-hydroxylation sites is 2. The van der Waals surface area contributed by atoms with E-state index >= 15 is 0 Å². The largest absolute Gasteiger partial charge is 0.496 e. The van der Waals surface area contributed by atoms with E-state index < -0.39 is 12.9 Å². The highest BCUT2D eigenvalue weighted by atomic mass is 16.5. The van der Waals surface area contributed by atoms with Crippen LogP contribution in [0.2, 0.25) is 0 Å². The number of methoxy groups -OCH3 is 1. The summed E-state index contributed by atoms with van der Waals surface area (Å²) in [5.74, 6) is 1.01. The zero-order valence-electron chi connectivity index (χ0n) is 24.9. The minimum atomic E-state index is -2.21. The van der Waals surface area contributed by atoms with Crippen molar-refractivity contribution >= 4 is 28.3 Å². The topological polar surface area (TPSA) is 97.5 Å². The Balaban J connectivity index is 1.70. The summed E-state index contributed by atoms with van der Waals surface area (Å²) >= 11 is 0. The first-order chi connectivity index (χ1) is 19.4. The molecule has 10 nitrogen and oxygen atoms in total. The molecule has 10 heteroatoms. The van der Waals surface area contributed by atoms with Crippen molar-refractivity contribution in [3.8, 4) is 11.6 Å². The van der Waals surface area contributed by atoms with Crippen molar-refractivity contribution < 1.29 is 13.6 Å². The van der Waals surface area contributed by atoms with Crippen molar-refractivity contribution in [2.24, 2.45) is 7.05 Å². The van der Waals surface area contributed by atoms with Gasteiger partial charge < -0.3 is 19.9 Å². The third-order valence-corrected chi connectivity index (χ3v) is 6.25. The minimum absolute atomic E-state index is 0.223. The van der Waals surface area contributed by atoms with E-state index in [1.54, 1.807) is 54.7 Å². The van der Waals surface area contributed by atoms with Crippen LogP contribution in [0.5, 0.6) is 5.75 Å². The number of imidazole rings is 1. The van der Waals surface area contributed by atoms with Crippen LogP contribution < -0.4 is 20.6 Å². The van der Waals surface area contributed by atoms with Crippen LogP contribution in [0.4, 0.5) is 11.4 Å². The van der Waals surface area contributed by atoms with Gasteiger partial charge >= 0.3 is 5.69 Å². The molecule has 0 unspecified atom stereocenters. The standard InChI is InChI=1S/C28H33N7O3/c1-7-27(36)30-20-16-19(24(38-6)18-23(20)33(4)15-14-32(2)3)17-25-29-13-12-26(31-25)35-22-11-9-8-10-21(22)34(5)28(35)37/h7-13,16,18H,1,14-15,17H2,2-6H3,(H,30,36)/i2D3. The maximum absolute atomic E-state index is 13.0. The number of carbonyl (C=O) groups is 1. The number of ether oxygens (including phenoxy) is 1. The molecule has 0 saturated carbocycles. The molecule has 2 aromatic heterocycles. The van der Waals surface area contributed by atoms with Crippen LogP contribution in [0.3, 0.4) is 0 Å². The Bertz CT molecular complexity index is 1650. The van der Waals surface area contributed by atoms with Gasteiger partial charge in [0.1, 0.15) is 17.4 Å². The highest BCUT2D eigenvalue weighted by molar-refractivity contribution is 6.01. The lowest BCUT2D eigenvalue weighted by Crippen LogP contribution is -2.29. The van der Waals surface area contributed by atoms with Crippen molar-refractivity contribution in [3.05, 3.63) is 83.2 Å². The SMILES string of the molecule is [2H]C([2H])([2H])N(C)CCN(C)c1cc(OC)c(Cc2nccc(-n3c(=O)n(C)c4ccccc43)n2)cc1NC(=O)C=C. The average Bonchev–Trinajstić information content (AvgIpc) is 3.20. The van der Waals surface area contributed by atoms with Gasteiger partial charge in [0.15, 0.2) is 0 Å². The molecule has 0 fully saturated rings. The van der Waals surface area contributed by atoms with Gasteiger partial charge in [-0.2, -0.15) is 0 Å². The lowest BCUT2D eigenvalue weighted by molar-refractivity contribution is -0.111. The van der Waals surface area contributed by atoms with E-state index in [0.717, 1.165) is 11.0 Å². The van der Waals surface area contributed by atoms with E-state index in [4.69, 9.17) is 8.85 Å². The predicted octanol–water partition coefficient (Wildman–Crippen LogP) is 2.84. The number of benzene rings is 2. The van der Waals surface area contributed by atoms with Crippen molar-refractivity contribution in [2.45, 2.75) is 6.42 Å². The lowest BCUT2D eigenvalue weighted by Gasteiger charge is -2.25. The van der Waals surface area contributed by atoms with E-state index in [-0.39, 0.29) is 18.7 Å². The quantitative estimate of drug-likeness (QED) is 0.323. The molecule has 4 rings (SSSR count). The maximum Gasteiger partial charge on any atom is 0.334 e. The zero-order chi connectivity index (χ0) is 29.9. The minimum Gasteiger partial charge on any atom is -0.496 e. The summed E-state index contributed by atoms with van der Waals surface area (Å²) in [5, 5.41) is 2.84. The van der Waals surface area contributed by atoms with Gasteiger partial charge in [0.2, 0.25) is 5.91 Å². The highest BCUT2D eigenvalue weighted by Gasteiger charge is 2.18. The maximum atomic E-state index is 13.0. The molecule has 0 aliphatic heterocycles. The van der Waals surface area contributed by atoms with Gasteiger partial charge in [0, 0.05) is 55.5 Å². The first-order valence-electron chi connectivity index (χ1n) is 13.5. The number of carbonyl (C=O) groups excluding carboxylic acids is 1. The number of hydrogen-bond acceptors (Lipinski definition) is 7. The number of hydrogen-bond donors (Lipinski definition) is 1. The molecule has 2 aromatic carbocycles. The van der Waals surface area contributed by atoms with Crippen molar-refractivity contribution in [3.63, 3.8) is 0 Å². The van der Waals surface area contributed by atoms with E-state index in [9.17, 15) is 9.59 Å². The third-order valence-electron chi connectivity index (χ3n) is 6.25. The molecule has 0 aliphatic carbocycles. The number of likely N-dealkylation sites (N-methyl/N-ethyl adjacent to an activating group) is 2. The fraction of sp³-hybridized carbons (Fsp3) is 0.286. The summed E-state index contributed by atoms with van der Waals surface area (Å²) in [6.45, 7) is 1.97. The van der Waals surface area contributed by atoms with Gasteiger partial charge in [-0.05, 0) is 44.4 Å². The summed E-state index contributed by atoms with van der Waals surface area (Å²) in [6.07, 6.45) is 3.02. The van der Waals surface area contributed by atoms with Crippen molar-refractivity contribution in [2.75, 3.05) is 51.5 Å². The van der Waals surface area contributed by atoms with E-state index in [1.807, 2.05) is 29.2 Å². The number of nitrogens with zero attached hydrogens (tertiary/aromatic N) is 6. The van der Waals surface area contributed by atoms with Crippen LogP contribution in [0.25, 0.3) is 16.9 Å². The molecule has 0 aliphatic rings. The number of aromatic nitrogens is 4. The Morgan fingerprint density at radius 3 is 2.68 bits per heavy atom. The molecule has 0 spiro atoms. The van der Waals surface area contributed by atoms with Crippen molar-refractivity contribution in [1.82, 2.24) is 24.0 Å². The lowest BCUT2D eigenvalue weighted by atomic mass is 10.1. The van der Waals surface area contributed by atoms with Gasteiger partial charge in [-0.3, -0.25) is 9.36 Å². The zero-order valence-corrected chi connectivity index (χ0v) is 21.9. The second-order valence-corrected chi connectivity index (χ2v) is 8.89. The molecule has 4 aromatic rings. The Kier molecular flexibility index (Phi) is 6.76. The Morgan fingerprint density at radius 2 is 1.97 bits per heavy atom. The molecule has 198 valence electrons. The Hall–Kier alpha value is -4.44. The number of nitrogens with one attached hydrogen (secondary N) is 1. The molecular formula is C28H33N7O3. The van der Waals surface area contributed by atoms with Gasteiger partial charge in [-0.1, -0.05) is 18.7 Å². The monoisotopic (exact) mass is 518 g/mol. The third kappa shape index (κ3) is 5.45. The first-order valence-corrected chi connectivity index (χ1v) is 12.0. The van der Waals surface area contributed by atoms with Gasteiger partial charge in [0.25, 0.3) is 0 Å². The molecule has 0 bridgehead atoms. The van der Waals surface area contributed by atoms with Crippen LogP contribution in [-0.2, 0) is 18.3 Å². The van der Waals surface area contributed by atoms with Crippen LogP contribution in [-0.4, -0.2) is 71.2 Å². The second-order valence-electron chi connectivity index (χ2n) is 8.89. The van der Waals surface area contributed by atoms with E-state index in [1.165, 1.54) is 18.0 Å². The molecule has 1 amide bonds. The van der Waals surface area contributed by atoms with Crippen LogP contribution in [0, 0.1) is 0 Å². The predicted molar refractivity (Wildman–Crippen MR) is 151 cm³/mol. The normalized spacial score (nSPS) is 12.6. The number of rotatable bonds is 10. The molecule has 0 saturated heterocycles. The first kappa shape index (κ1) is 22.7. The van der Waals surface area contributed by atoms with Gasteiger partial charge in [-0.25, -0.2) is 19.3 Å². The van der Waals surface area contributed by atoms with Crippen LogP contribution in [0.15, 0.2) is 66.1 Å². The summed E-state index contributed by atoms with van der Waals surface area (Å²) in [5.41, 5.74) is 3.12. The Labute approximate surface area is 226 Å². The summed E-state index contributed by atoms with van der Waals surface area (Å²) < 4.78 is 31.6.